The zero-order chi connectivity index (χ0) is 11.5. The highest BCUT2D eigenvalue weighted by Crippen LogP contribution is 2.27. The van der Waals surface area contributed by atoms with Gasteiger partial charge in [-0.25, -0.2) is 0 Å². The number of halogens is 2. The summed E-state index contributed by atoms with van der Waals surface area (Å²) in [4.78, 5) is 3.99. The number of aromatic nitrogens is 1. The van der Waals surface area contributed by atoms with Crippen LogP contribution in [-0.2, 0) is 0 Å². The molecule has 0 fully saturated rings. The van der Waals surface area contributed by atoms with Crippen LogP contribution in [0.25, 0.3) is 0 Å². The summed E-state index contributed by atoms with van der Waals surface area (Å²) < 4.78 is 0.866. The molecule has 0 bridgehead atoms. The Morgan fingerprint density at radius 1 is 1.19 bits per heavy atom. The minimum atomic E-state index is 0.619. The molecule has 0 amide bonds. The lowest BCUT2D eigenvalue weighted by Crippen LogP contribution is -1.93. The first-order valence-electron chi connectivity index (χ1n) is 4.58. The van der Waals surface area contributed by atoms with E-state index in [1.54, 1.807) is 12.4 Å². The number of nitrogen functional groups attached to an aromatic ring is 1. The quantitative estimate of drug-likeness (QED) is 0.886. The molecule has 82 valence electrons. The number of hydrogen-bond acceptors (Lipinski definition) is 3. The van der Waals surface area contributed by atoms with Crippen molar-refractivity contribution in [3.63, 3.8) is 0 Å². The Kier molecular flexibility index (Phi) is 3.31. The third-order valence-corrected chi connectivity index (χ3v) is 3.20. The first kappa shape index (κ1) is 11.2. The standard InChI is InChI=1S/C11H9BrClN3/c12-10-2-1-8(4-11(10)13)16-9-3-7(14)5-15-6-9/h1-6,16H,14H2. The fourth-order valence-corrected chi connectivity index (χ4v) is 1.69. The predicted octanol–water partition coefficient (Wildman–Crippen LogP) is 3.82. The minimum Gasteiger partial charge on any atom is -0.397 e. The van der Waals surface area contributed by atoms with Gasteiger partial charge in [0, 0.05) is 16.4 Å². The highest BCUT2D eigenvalue weighted by atomic mass is 79.9. The fraction of sp³-hybridized carbons (Fsp3) is 0. The third-order valence-electron chi connectivity index (χ3n) is 1.97. The lowest BCUT2D eigenvalue weighted by Gasteiger charge is -2.07. The van der Waals surface area contributed by atoms with Crippen LogP contribution >= 0.6 is 27.5 Å². The lowest BCUT2D eigenvalue weighted by atomic mass is 10.3. The molecule has 0 unspecified atom stereocenters. The number of anilines is 3. The van der Waals surface area contributed by atoms with E-state index < -0.39 is 0 Å². The second-order valence-electron chi connectivity index (χ2n) is 3.26. The summed E-state index contributed by atoms with van der Waals surface area (Å²) in [5.41, 5.74) is 7.97. The molecule has 0 spiro atoms. The van der Waals surface area contributed by atoms with E-state index in [2.05, 4.69) is 26.2 Å². The minimum absolute atomic E-state index is 0.619. The molecule has 1 aromatic carbocycles. The second-order valence-corrected chi connectivity index (χ2v) is 4.52. The maximum Gasteiger partial charge on any atom is 0.0591 e. The van der Waals surface area contributed by atoms with Gasteiger partial charge in [-0.15, -0.1) is 0 Å². The highest BCUT2D eigenvalue weighted by Gasteiger charge is 2.00. The Morgan fingerprint density at radius 2 is 2.00 bits per heavy atom. The summed E-state index contributed by atoms with van der Waals surface area (Å²) in [6.45, 7) is 0. The average molecular weight is 299 g/mol. The van der Waals surface area contributed by atoms with Gasteiger partial charge >= 0.3 is 0 Å². The van der Waals surface area contributed by atoms with Crippen LogP contribution < -0.4 is 11.1 Å². The zero-order valence-electron chi connectivity index (χ0n) is 8.24. The monoisotopic (exact) mass is 297 g/mol. The molecule has 0 saturated carbocycles. The maximum atomic E-state index is 5.98. The highest BCUT2D eigenvalue weighted by molar-refractivity contribution is 9.10. The van der Waals surface area contributed by atoms with Crippen LogP contribution in [0.1, 0.15) is 0 Å². The molecule has 0 radical (unpaired) electrons. The van der Waals surface area contributed by atoms with E-state index >= 15 is 0 Å². The third kappa shape index (κ3) is 2.65. The van der Waals surface area contributed by atoms with Crippen LogP contribution in [0.5, 0.6) is 0 Å². The van der Waals surface area contributed by atoms with Gasteiger partial charge in [0.1, 0.15) is 0 Å². The van der Waals surface area contributed by atoms with E-state index in [1.807, 2.05) is 24.3 Å². The molecule has 2 rings (SSSR count). The predicted molar refractivity (Wildman–Crippen MR) is 71.1 cm³/mol. The van der Waals surface area contributed by atoms with Crippen LogP contribution in [0, 0.1) is 0 Å². The first-order chi connectivity index (χ1) is 7.65. The van der Waals surface area contributed by atoms with Crippen molar-refractivity contribution in [2.45, 2.75) is 0 Å². The number of rotatable bonds is 2. The first-order valence-corrected chi connectivity index (χ1v) is 5.75. The van der Waals surface area contributed by atoms with Crippen molar-refractivity contribution in [3.8, 4) is 0 Å². The summed E-state index contributed by atoms with van der Waals surface area (Å²) in [7, 11) is 0. The van der Waals surface area contributed by atoms with Gasteiger partial charge in [0.15, 0.2) is 0 Å². The molecule has 1 aromatic heterocycles. The number of nitrogens with zero attached hydrogens (tertiary/aromatic N) is 1. The van der Waals surface area contributed by atoms with Gasteiger partial charge in [-0.3, -0.25) is 4.98 Å². The van der Waals surface area contributed by atoms with Crippen LogP contribution in [0.15, 0.2) is 41.1 Å². The second kappa shape index (κ2) is 4.72. The van der Waals surface area contributed by atoms with E-state index in [-0.39, 0.29) is 0 Å². The molecule has 3 N–H and O–H groups in total. The molecule has 3 nitrogen and oxygen atoms in total. The largest absolute Gasteiger partial charge is 0.397 e. The molecule has 16 heavy (non-hydrogen) atoms. The van der Waals surface area contributed by atoms with E-state index in [0.29, 0.717) is 10.7 Å². The van der Waals surface area contributed by atoms with E-state index in [1.165, 1.54) is 0 Å². The summed E-state index contributed by atoms with van der Waals surface area (Å²) in [6, 6.07) is 7.43. The molecular formula is C11H9BrClN3. The average Bonchev–Trinajstić information content (AvgIpc) is 2.24. The van der Waals surface area contributed by atoms with Crippen molar-refractivity contribution in [1.82, 2.24) is 4.98 Å². The van der Waals surface area contributed by atoms with Gasteiger partial charge in [-0.1, -0.05) is 11.6 Å². The SMILES string of the molecule is Nc1cncc(Nc2ccc(Br)c(Cl)c2)c1. The fourth-order valence-electron chi connectivity index (χ4n) is 1.27. The number of pyridine rings is 1. The summed E-state index contributed by atoms with van der Waals surface area (Å²) >= 11 is 9.32. The Labute approximate surface area is 107 Å². The molecule has 0 aliphatic carbocycles. The Bertz CT molecular complexity index is 516. The van der Waals surface area contributed by atoms with Crippen molar-refractivity contribution >= 4 is 44.6 Å². The van der Waals surface area contributed by atoms with Gasteiger partial charge in [0.2, 0.25) is 0 Å². The number of nitrogens with two attached hydrogens (primary N) is 1. The van der Waals surface area contributed by atoms with Crippen molar-refractivity contribution in [2.24, 2.45) is 0 Å². The van der Waals surface area contributed by atoms with Crippen molar-refractivity contribution < 1.29 is 0 Å². The van der Waals surface area contributed by atoms with E-state index in [4.69, 9.17) is 17.3 Å². The van der Waals surface area contributed by atoms with E-state index in [0.717, 1.165) is 15.8 Å². The van der Waals surface area contributed by atoms with Crippen LogP contribution in [0.3, 0.4) is 0 Å². The molecule has 0 aliphatic rings. The van der Waals surface area contributed by atoms with Gasteiger partial charge in [0.25, 0.3) is 0 Å². The molecule has 0 atom stereocenters. The molecule has 5 heteroatoms. The Morgan fingerprint density at radius 3 is 2.69 bits per heavy atom. The van der Waals surface area contributed by atoms with Gasteiger partial charge < -0.3 is 11.1 Å². The van der Waals surface area contributed by atoms with Gasteiger partial charge in [-0.05, 0) is 40.2 Å². The number of nitrogens with one attached hydrogen (secondary N) is 1. The molecular weight excluding hydrogens is 289 g/mol. The van der Waals surface area contributed by atoms with Crippen LogP contribution in [0.4, 0.5) is 17.1 Å². The van der Waals surface area contributed by atoms with Crippen molar-refractivity contribution in [2.75, 3.05) is 11.1 Å². The van der Waals surface area contributed by atoms with Crippen LogP contribution in [-0.4, -0.2) is 4.98 Å². The normalized spacial score (nSPS) is 10.1. The zero-order valence-corrected chi connectivity index (χ0v) is 10.6. The molecule has 2 aromatic rings. The van der Waals surface area contributed by atoms with Crippen molar-refractivity contribution in [1.29, 1.82) is 0 Å². The van der Waals surface area contributed by atoms with Crippen molar-refractivity contribution in [3.05, 3.63) is 46.2 Å². The Balaban J connectivity index is 2.24. The molecule has 1 heterocycles. The van der Waals surface area contributed by atoms with Crippen LogP contribution in [0.2, 0.25) is 5.02 Å². The molecule has 0 saturated heterocycles. The topological polar surface area (TPSA) is 50.9 Å². The summed E-state index contributed by atoms with van der Waals surface area (Å²) in [5.74, 6) is 0. The summed E-state index contributed by atoms with van der Waals surface area (Å²) in [5, 5.41) is 3.82. The number of hydrogen-bond donors (Lipinski definition) is 2. The lowest BCUT2D eigenvalue weighted by molar-refractivity contribution is 1.32. The van der Waals surface area contributed by atoms with E-state index in [9.17, 15) is 0 Å². The van der Waals surface area contributed by atoms with Gasteiger partial charge in [0.05, 0.1) is 22.6 Å². The smallest absolute Gasteiger partial charge is 0.0591 e. The Hall–Kier alpha value is -1.26. The number of benzene rings is 1. The summed E-state index contributed by atoms with van der Waals surface area (Å²) in [6.07, 6.45) is 3.30. The molecule has 0 aliphatic heterocycles. The maximum absolute atomic E-state index is 5.98. The van der Waals surface area contributed by atoms with Gasteiger partial charge in [-0.2, -0.15) is 0 Å².